The number of nitro groups is 1. The summed E-state index contributed by atoms with van der Waals surface area (Å²) in [5, 5.41) is 34.9. The van der Waals surface area contributed by atoms with E-state index in [9.17, 15) is 43.7 Å². The number of hydrogen-bond acceptors (Lipinski definition) is 11. The quantitative estimate of drug-likeness (QED) is 0.0639. The van der Waals surface area contributed by atoms with Gasteiger partial charge in [0.25, 0.3) is 11.6 Å². The Morgan fingerprint density at radius 2 is 1.84 bits per heavy atom. The fourth-order valence-corrected chi connectivity index (χ4v) is 4.29. The lowest BCUT2D eigenvalue weighted by Crippen LogP contribution is -2.55. The summed E-state index contributed by atoms with van der Waals surface area (Å²) in [4.78, 5) is 97.7. The van der Waals surface area contributed by atoms with E-state index in [1.807, 2.05) is 0 Å². The minimum Gasteiger partial charge on any atom is -0.480 e. The number of nitrogens with two attached hydrogens (primary N) is 2. The molecular weight excluding hydrogens is 598 g/mol. The van der Waals surface area contributed by atoms with Crippen molar-refractivity contribution >= 4 is 52.8 Å². The van der Waals surface area contributed by atoms with Gasteiger partial charge >= 0.3 is 5.97 Å². The van der Waals surface area contributed by atoms with Gasteiger partial charge in [0.1, 0.15) is 24.7 Å². The van der Waals surface area contributed by atoms with Gasteiger partial charge in [-0.15, -0.1) is 0 Å². The number of nitro benzene ring substituents is 1. The fourth-order valence-electron chi connectivity index (χ4n) is 4.29. The number of nitrogens with zero attached hydrogens (tertiary/aromatic N) is 1. The van der Waals surface area contributed by atoms with Gasteiger partial charge in [0.15, 0.2) is 0 Å². The molecule has 11 N–H and O–H groups in total. The smallest absolute Gasteiger partial charge is 0.322 e. The zero-order chi connectivity index (χ0) is 33.5. The SMILES string of the molecule is NCCCC[C@H](NC(=O)[C@@H]1CCCNc2ccc([N+](=O)[O-])cc2C(=O)NC(CC(N)=O)C(=O)NCC(=O)N1)C(=O)NCC(=O)O. The highest BCUT2D eigenvalue weighted by atomic mass is 16.6. The predicted octanol–water partition coefficient (Wildman–Crippen LogP) is -2.81. The summed E-state index contributed by atoms with van der Waals surface area (Å²) < 4.78 is 0. The van der Waals surface area contributed by atoms with Crippen molar-refractivity contribution in [2.45, 2.75) is 56.7 Å². The minimum absolute atomic E-state index is 0.00357. The molecular formula is C26H37N9O10. The van der Waals surface area contributed by atoms with Crippen molar-refractivity contribution in [2.24, 2.45) is 11.5 Å². The van der Waals surface area contributed by atoms with E-state index >= 15 is 0 Å². The Morgan fingerprint density at radius 3 is 2.49 bits per heavy atom. The molecule has 2 rings (SSSR count). The number of aliphatic carboxylic acids is 1. The molecule has 0 saturated carbocycles. The topological polar surface area (TPSA) is 307 Å². The molecule has 1 aromatic rings. The lowest BCUT2D eigenvalue weighted by molar-refractivity contribution is -0.384. The third kappa shape index (κ3) is 12.1. The summed E-state index contributed by atoms with van der Waals surface area (Å²) in [6.07, 6.45) is 0.656. The first kappa shape index (κ1) is 35.9. The highest BCUT2D eigenvalue weighted by molar-refractivity contribution is 6.03. The van der Waals surface area contributed by atoms with Gasteiger partial charge in [-0.3, -0.25) is 43.7 Å². The fraction of sp³-hybridized carbons (Fsp3) is 0.500. The molecule has 19 heteroatoms. The van der Waals surface area contributed by atoms with Gasteiger partial charge in [-0.1, -0.05) is 0 Å². The van der Waals surface area contributed by atoms with E-state index in [2.05, 4.69) is 31.9 Å². The number of hydrogen-bond donors (Lipinski definition) is 9. The monoisotopic (exact) mass is 635 g/mol. The van der Waals surface area contributed by atoms with Crippen LogP contribution in [0.15, 0.2) is 18.2 Å². The van der Waals surface area contributed by atoms with Gasteiger partial charge in [-0.25, -0.2) is 0 Å². The van der Waals surface area contributed by atoms with Crippen LogP contribution in [0.4, 0.5) is 11.4 Å². The molecule has 0 radical (unpaired) electrons. The number of primary amides is 1. The van der Waals surface area contributed by atoms with E-state index in [1.54, 1.807) is 0 Å². The van der Waals surface area contributed by atoms with Gasteiger partial charge in [0.2, 0.25) is 29.5 Å². The first-order valence-corrected chi connectivity index (χ1v) is 14.0. The Morgan fingerprint density at radius 1 is 1.11 bits per heavy atom. The summed E-state index contributed by atoms with van der Waals surface area (Å²) in [6.45, 7) is -0.912. The molecule has 1 aromatic carbocycles. The van der Waals surface area contributed by atoms with Gasteiger partial charge in [0.05, 0.1) is 23.5 Å². The number of carboxylic acid groups (broad SMARTS) is 1. The average molecular weight is 636 g/mol. The maximum Gasteiger partial charge on any atom is 0.322 e. The third-order valence-corrected chi connectivity index (χ3v) is 6.54. The highest BCUT2D eigenvalue weighted by Gasteiger charge is 2.29. The molecule has 0 bridgehead atoms. The van der Waals surface area contributed by atoms with Crippen molar-refractivity contribution in [3.05, 3.63) is 33.9 Å². The van der Waals surface area contributed by atoms with Crippen LogP contribution in [0.25, 0.3) is 0 Å². The van der Waals surface area contributed by atoms with Crippen LogP contribution in [0.3, 0.4) is 0 Å². The highest BCUT2D eigenvalue weighted by Crippen LogP contribution is 2.23. The van der Waals surface area contributed by atoms with Crippen molar-refractivity contribution in [1.82, 2.24) is 26.6 Å². The van der Waals surface area contributed by atoms with Crippen molar-refractivity contribution in [3.8, 4) is 0 Å². The zero-order valence-corrected chi connectivity index (χ0v) is 24.3. The number of carbonyl (C=O) groups is 7. The second-order valence-electron chi connectivity index (χ2n) is 10.0. The Labute approximate surface area is 256 Å². The molecule has 19 nitrogen and oxygen atoms in total. The molecule has 45 heavy (non-hydrogen) atoms. The second kappa shape index (κ2) is 17.7. The van der Waals surface area contributed by atoms with Crippen LogP contribution in [-0.4, -0.2) is 95.7 Å². The van der Waals surface area contributed by atoms with E-state index < -0.39 is 89.7 Å². The molecule has 1 heterocycles. The van der Waals surface area contributed by atoms with E-state index in [0.717, 1.165) is 12.1 Å². The minimum atomic E-state index is -1.54. The Hall–Kier alpha value is -5.33. The second-order valence-corrected chi connectivity index (χ2v) is 10.0. The molecule has 0 fully saturated rings. The lowest BCUT2D eigenvalue weighted by atomic mass is 10.1. The Kier molecular flexibility index (Phi) is 14.1. The number of carbonyl (C=O) groups excluding carboxylic acids is 6. The largest absolute Gasteiger partial charge is 0.480 e. The molecule has 246 valence electrons. The van der Waals surface area contributed by atoms with Crippen LogP contribution in [0, 0.1) is 10.1 Å². The number of benzene rings is 1. The number of non-ortho nitro benzene ring substituents is 1. The number of rotatable bonds is 12. The van der Waals surface area contributed by atoms with Crippen molar-refractivity contribution in [3.63, 3.8) is 0 Å². The van der Waals surface area contributed by atoms with Crippen LogP contribution in [0.1, 0.15) is 48.9 Å². The zero-order valence-electron chi connectivity index (χ0n) is 24.3. The van der Waals surface area contributed by atoms with Crippen LogP contribution in [0.2, 0.25) is 0 Å². The lowest BCUT2D eigenvalue weighted by Gasteiger charge is -2.23. The Bertz CT molecular complexity index is 1310. The van der Waals surface area contributed by atoms with Gasteiger partial charge < -0.3 is 48.5 Å². The van der Waals surface area contributed by atoms with E-state index in [-0.39, 0.29) is 37.1 Å². The van der Waals surface area contributed by atoms with E-state index in [1.165, 1.54) is 6.07 Å². The first-order chi connectivity index (χ1) is 21.3. The molecule has 1 aliphatic heterocycles. The summed E-state index contributed by atoms with van der Waals surface area (Å²) >= 11 is 0. The Balaban J connectivity index is 2.34. The number of anilines is 1. The van der Waals surface area contributed by atoms with Crippen molar-refractivity contribution in [1.29, 1.82) is 0 Å². The maximum absolute atomic E-state index is 13.3. The van der Waals surface area contributed by atoms with E-state index in [4.69, 9.17) is 16.6 Å². The van der Waals surface area contributed by atoms with Gasteiger partial charge in [-0.2, -0.15) is 0 Å². The molecule has 6 amide bonds. The number of nitrogens with one attached hydrogen (secondary N) is 6. The molecule has 1 aliphatic rings. The predicted molar refractivity (Wildman–Crippen MR) is 156 cm³/mol. The normalized spacial score (nSPS) is 18.2. The first-order valence-electron chi connectivity index (χ1n) is 14.0. The van der Waals surface area contributed by atoms with Crippen LogP contribution < -0.4 is 43.4 Å². The molecule has 3 atom stereocenters. The summed E-state index contributed by atoms with van der Waals surface area (Å²) in [5.74, 6) is -6.47. The van der Waals surface area contributed by atoms with Crippen molar-refractivity contribution < 1.29 is 43.6 Å². The average Bonchev–Trinajstić information content (AvgIpc) is 2.98. The van der Waals surface area contributed by atoms with Gasteiger partial charge in [-0.05, 0) is 44.7 Å². The summed E-state index contributed by atoms with van der Waals surface area (Å²) in [5.41, 5.74) is 10.3. The number of unbranched alkanes of at least 4 members (excludes halogenated alkanes) is 1. The third-order valence-electron chi connectivity index (χ3n) is 6.54. The molecule has 0 saturated heterocycles. The standard InChI is InChI=1S/C26H37N9O10/c27-8-2-1-4-17(24(41)31-13-22(38)39)33-26(43)18-5-3-9-29-16-7-6-14(35(44)45)10-15(16)23(40)34-19(11-20(28)36)25(42)30-12-21(37)32-18/h6-7,10,17-19,29H,1-5,8-9,11-13,27H2,(H2,28,36)(H,30,42)(H,31,41)(H,32,37)(H,33,43)(H,34,40)(H,38,39)/t17-,18-,19?/m0/s1. The molecule has 0 aliphatic carbocycles. The van der Waals surface area contributed by atoms with Crippen molar-refractivity contribution in [2.75, 3.05) is 31.5 Å². The molecule has 0 aromatic heterocycles. The van der Waals surface area contributed by atoms with Crippen LogP contribution in [0.5, 0.6) is 0 Å². The van der Waals surface area contributed by atoms with Crippen LogP contribution >= 0.6 is 0 Å². The van der Waals surface area contributed by atoms with Gasteiger partial charge in [0, 0.05) is 24.4 Å². The summed E-state index contributed by atoms with van der Waals surface area (Å²) in [7, 11) is 0. The molecule has 0 spiro atoms. The maximum atomic E-state index is 13.3. The van der Waals surface area contributed by atoms with E-state index in [0.29, 0.717) is 19.4 Å². The number of carboxylic acids is 1. The number of amides is 6. The molecule has 1 unspecified atom stereocenters. The van der Waals surface area contributed by atoms with Crippen LogP contribution in [-0.2, 0) is 28.8 Å². The number of fused-ring (bicyclic) bond motifs is 1. The summed E-state index contributed by atoms with van der Waals surface area (Å²) in [6, 6.07) is -0.486.